The molecule has 0 radical (unpaired) electrons. The monoisotopic (exact) mass is 322 g/mol. The maximum absolute atomic E-state index is 12.5. The summed E-state index contributed by atoms with van der Waals surface area (Å²) < 4.78 is 32.2. The van der Waals surface area contributed by atoms with Crippen LogP contribution in [-0.2, 0) is 19.7 Å². The molecule has 2 aliphatic heterocycles. The van der Waals surface area contributed by atoms with Gasteiger partial charge in [0.05, 0.1) is 24.7 Å². The summed E-state index contributed by atoms with van der Waals surface area (Å²) in [7, 11) is -3.77. The average Bonchev–Trinajstić information content (AvgIpc) is 2.80. The van der Waals surface area contributed by atoms with Gasteiger partial charge >= 0.3 is 5.97 Å². The zero-order valence-corrected chi connectivity index (χ0v) is 12.8. The molecule has 2 heterocycles. The Morgan fingerprint density at radius 3 is 2.38 bits per heavy atom. The number of piperidine rings is 1. The quantitative estimate of drug-likeness (QED) is 0.613. The van der Waals surface area contributed by atoms with Gasteiger partial charge in [-0.3, -0.25) is 4.79 Å². The van der Waals surface area contributed by atoms with Gasteiger partial charge in [0.2, 0.25) is 0 Å². The van der Waals surface area contributed by atoms with Gasteiger partial charge in [-0.25, -0.2) is 0 Å². The van der Waals surface area contributed by atoms with E-state index >= 15 is 0 Å². The molecular weight excluding hydrogens is 300 g/mol. The third kappa shape index (κ3) is 3.54. The molecule has 1 unspecified atom stereocenters. The van der Waals surface area contributed by atoms with E-state index in [-0.39, 0.29) is 32.2 Å². The molecule has 0 aromatic heterocycles. The number of hydrogen-bond donors (Lipinski definition) is 2. The van der Waals surface area contributed by atoms with Gasteiger partial charge in [0.25, 0.3) is 10.2 Å². The molecular formula is C12H22N2O6S. The fraction of sp³-hybridized carbons (Fsp3) is 0.917. The summed E-state index contributed by atoms with van der Waals surface area (Å²) in [6.45, 7) is 2.16. The molecule has 0 saturated carbocycles. The van der Waals surface area contributed by atoms with Gasteiger partial charge in [0.1, 0.15) is 0 Å². The normalized spacial score (nSPS) is 32.2. The van der Waals surface area contributed by atoms with E-state index in [0.29, 0.717) is 19.4 Å². The predicted molar refractivity (Wildman–Crippen MR) is 73.4 cm³/mol. The van der Waals surface area contributed by atoms with Crippen LogP contribution in [0.2, 0.25) is 0 Å². The van der Waals surface area contributed by atoms with E-state index in [0.717, 1.165) is 4.31 Å². The van der Waals surface area contributed by atoms with Gasteiger partial charge in [-0.1, -0.05) is 0 Å². The lowest BCUT2D eigenvalue weighted by atomic mass is 10.0. The largest absolute Gasteiger partial charge is 0.466 e. The van der Waals surface area contributed by atoms with Crippen LogP contribution in [0.1, 0.15) is 19.8 Å². The average molecular weight is 322 g/mol. The molecule has 0 aliphatic carbocycles. The molecule has 21 heavy (non-hydrogen) atoms. The molecule has 0 aromatic rings. The molecule has 122 valence electrons. The Labute approximate surface area is 124 Å². The van der Waals surface area contributed by atoms with Gasteiger partial charge < -0.3 is 14.9 Å². The maximum Gasteiger partial charge on any atom is 0.310 e. The van der Waals surface area contributed by atoms with Crippen LogP contribution in [0.5, 0.6) is 0 Å². The minimum atomic E-state index is -3.77. The molecule has 2 N–H and O–H groups in total. The number of nitrogens with zero attached hydrogens (tertiary/aromatic N) is 2. The zero-order valence-electron chi connectivity index (χ0n) is 12.0. The topological polar surface area (TPSA) is 107 Å². The van der Waals surface area contributed by atoms with Gasteiger partial charge in [-0.05, 0) is 19.8 Å². The molecule has 2 fully saturated rings. The summed E-state index contributed by atoms with van der Waals surface area (Å²) in [4.78, 5) is 11.8. The first kappa shape index (κ1) is 16.6. The minimum absolute atomic E-state index is 0.0872. The summed E-state index contributed by atoms with van der Waals surface area (Å²) in [6.07, 6.45) is -0.937. The fourth-order valence-electron chi connectivity index (χ4n) is 2.69. The SMILES string of the molecule is CCOC(=O)C1CCCN(S(=O)(=O)N2C[C@@H](O)[C@@H](O)C2)C1. The van der Waals surface area contributed by atoms with Crippen LogP contribution >= 0.6 is 0 Å². The highest BCUT2D eigenvalue weighted by Gasteiger charge is 2.42. The predicted octanol–water partition coefficient (Wildman–Crippen LogP) is -1.46. The molecule has 3 atom stereocenters. The Kier molecular flexibility index (Phi) is 5.20. The molecule has 0 aromatic carbocycles. The van der Waals surface area contributed by atoms with Gasteiger partial charge in [-0.2, -0.15) is 17.0 Å². The summed E-state index contributed by atoms with van der Waals surface area (Å²) in [6, 6.07) is 0. The molecule has 2 aliphatic rings. The van der Waals surface area contributed by atoms with Gasteiger partial charge in [-0.15, -0.1) is 0 Å². The highest BCUT2D eigenvalue weighted by molar-refractivity contribution is 7.86. The number of carbonyl (C=O) groups excluding carboxylic acids is 1. The van der Waals surface area contributed by atoms with Crippen LogP contribution in [0.4, 0.5) is 0 Å². The van der Waals surface area contributed by atoms with Crippen molar-refractivity contribution in [2.75, 3.05) is 32.8 Å². The second-order valence-electron chi connectivity index (χ2n) is 5.41. The first-order valence-corrected chi connectivity index (χ1v) is 8.54. The van der Waals surface area contributed by atoms with Crippen LogP contribution < -0.4 is 0 Å². The van der Waals surface area contributed by atoms with Crippen LogP contribution in [0.3, 0.4) is 0 Å². The second-order valence-corrected chi connectivity index (χ2v) is 7.34. The Morgan fingerprint density at radius 2 is 1.81 bits per heavy atom. The lowest BCUT2D eigenvalue weighted by Crippen LogP contribution is -2.49. The maximum atomic E-state index is 12.5. The third-order valence-electron chi connectivity index (χ3n) is 3.88. The van der Waals surface area contributed by atoms with Crippen molar-refractivity contribution in [3.05, 3.63) is 0 Å². The van der Waals surface area contributed by atoms with Crippen molar-refractivity contribution in [2.45, 2.75) is 32.0 Å². The van der Waals surface area contributed by atoms with Crippen molar-refractivity contribution < 1.29 is 28.2 Å². The van der Waals surface area contributed by atoms with Crippen LogP contribution in [0, 0.1) is 5.92 Å². The fourth-order valence-corrected chi connectivity index (χ4v) is 4.43. The Hall–Kier alpha value is -0.740. The van der Waals surface area contributed by atoms with Crippen molar-refractivity contribution in [1.29, 1.82) is 0 Å². The number of aliphatic hydroxyl groups excluding tert-OH is 2. The van der Waals surface area contributed by atoms with E-state index in [2.05, 4.69) is 0 Å². The summed E-state index contributed by atoms with van der Waals surface area (Å²) >= 11 is 0. The molecule has 0 bridgehead atoms. The van der Waals surface area contributed by atoms with Crippen LogP contribution in [0.25, 0.3) is 0 Å². The zero-order chi connectivity index (χ0) is 15.6. The molecule has 2 rings (SSSR count). The van der Waals surface area contributed by atoms with E-state index in [9.17, 15) is 23.4 Å². The van der Waals surface area contributed by atoms with Crippen LogP contribution in [0.15, 0.2) is 0 Å². The number of β-amino-alcohol motifs (C(OH)–C–C–N with tert-alkyl or cyclic N) is 2. The Bertz CT molecular complexity index is 472. The number of ether oxygens (including phenoxy) is 1. The van der Waals surface area contributed by atoms with Crippen molar-refractivity contribution >= 4 is 16.2 Å². The van der Waals surface area contributed by atoms with Crippen molar-refractivity contribution in [2.24, 2.45) is 5.92 Å². The first-order chi connectivity index (χ1) is 9.86. The molecule has 9 heteroatoms. The smallest absolute Gasteiger partial charge is 0.310 e. The van der Waals surface area contributed by atoms with Crippen molar-refractivity contribution in [3.63, 3.8) is 0 Å². The summed E-state index contributed by atoms with van der Waals surface area (Å²) in [5, 5.41) is 19.0. The van der Waals surface area contributed by atoms with E-state index < -0.39 is 28.3 Å². The first-order valence-electron chi connectivity index (χ1n) is 7.14. The van der Waals surface area contributed by atoms with Crippen LogP contribution in [-0.4, -0.2) is 78.2 Å². The van der Waals surface area contributed by atoms with E-state index in [4.69, 9.17) is 4.74 Å². The van der Waals surface area contributed by atoms with Gasteiger partial charge in [0.15, 0.2) is 0 Å². The van der Waals surface area contributed by atoms with E-state index in [1.807, 2.05) is 0 Å². The van der Waals surface area contributed by atoms with Crippen molar-refractivity contribution in [3.8, 4) is 0 Å². The molecule has 2 saturated heterocycles. The van der Waals surface area contributed by atoms with E-state index in [1.165, 1.54) is 4.31 Å². The van der Waals surface area contributed by atoms with Gasteiger partial charge in [0, 0.05) is 26.2 Å². The number of rotatable bonds is 4. The number of aliphatic hydroxyl groups is 2. The summed E-state index contributed by atoms with van der Waals surface area (Å²) in [5.74, 6) is -0.829. The summed E-state index contributed by atoms with van der Waals surface area (Å²) in [5.41, 5.74) is 0. The number of esters is 1. The van der Waals surface area contributed by atoms with E-state index in [1.54, 1.807) is 6.92 Å². The highest BCUT2D eigenvalue weighted by Crippen LogP contribution is 2.24. The lowest BCUT2D eigenvalue weighted by molar-refractivity contribution is -0.149. The third-order valence-corrected chi connectivity index (χ3v) is 5.82. The second kappa shape index (κ2) is 6.57. The molecule has 8 nitrogen and oxygen atoms in total. The standard InChI is InChI=1S/C12H22N2O6S/c1-2-20-12(17)9-4-3-5-13(6-9)21(18,19)14-7-10(15)11(16)8-14/h9-11,15-16H,2-8H2,1H3/t9?,10-,11+. The number of carbonyl (C=O) groups is 1. The molecule has 0 amide bonds. The van der Waals surface area contributed by atoms with Crippen molar-refractivity contribution in [1.82, 2.24) is 8.61 Å². The number of hydrogen-bond acceptors (Lipinski definition) is 6. The highest BCUT2D eigenvalue weighted by atomic mass is 32.2. The minimum Gasteiger partial charge on any atom is -0.466 e. The Balaban J connectivity index is 2.05. The lowest BCUT2D eigenvalue weighted by Gasteiger charge is -2.33. The molecule has 0 spiro atoms. The Morgan fingerprint density at radius 1 is 1.19 bits per heavy atom.